The fraction of sp³-hybridized carbons (Fsp3) is 0.233. The van der Waals surface area contributed by atoms with Gasteiger partial charge < -0.3 is 19.5 Å². The Morgan fingerprint density at radius 2 is 1.65 bits per heavy atom. The Labute approximate surface area is 215 Å². The maximum Gasteiger partial charge on any atom is 0.344 e. The molecule has 4 aromatic rings. The minimum Gasteiger partial charge on any atom is -0.422 e. The van der Waals surface area contributed by atoms with Gasteiger partial charge in [0.1, 0.15) is 5.58 Å². The summed E-state index contributed by atoms with van der Waals surface area (Å²) in [7, 11) is 0. The SMILES string of the molecule is CCCC(=O)N1CCN(c2ccc(NC(=O)c3cccc(-c4cc5ccccc5oc4=O)c3)cc2)CC1. The monoisotopic (exact) mass is 495 g/mol. The average Bonchev–Trinajstić information content (AvgIpc) is 2.93. The van der Waals surface area contributed by atoms with E-state index in [-0.39, 0.29) is 11.8 Å². The maximum atomic E-state index is 13.0. The maximum absolute atomic E-state index is 13.0. The van der Waals surface area contributed by atoms with Gasteiger partial charge in [-0.2, -0.15) is 0 Å². The predicted molar refractivity (Wildman–Crippen MR) is 146 cm³/mol. The van der Waals surface area contributed by atoms with Gasteiger partial charge in [-0.15, -0.1) is 0 Å². The summed E-state index contributed by atoms with van der Waals surface area (Å²) in [6, 6.07) is 23.8. The summed E-state index contributed by atoms with van der Waals surface area (Å²) in [5.41, 5.74) is 3.31. The third-order valence-corrected chi connectivity index (χ3v) is 6.66. The zero-order valence-corrected chi connectivity index (χ0v) is 20.8. The van der Waals surface area contributed by atoms with Crippen molar-refractivity contribution in [1.82, 2.24) is 4.90 Å². The number of nitrogens with zero attached hydrogens (tertiary/aromatic N) is 2. The largest absolute Gasteiger partial charge is 0.422 e. The van der Waals surface area contributed by atoms with E-state index in [0.717, 1.165) is 43.7 Å². The first-order chi connectivity index (χ1) is 18.0. The lowest BCUT2D eigenvalue weighted by Gasteiger charge is -2.36. The molecule has 1 saturated heterocycles. The number of amides is 2. The lowest BCUT2D eigenvalue weighted by atomic mass is 10.0. The third kappa shape index (κ3) is 5.40. The molecule has 1 fully saturated rings. The van der Waals surface area contributed by atoms with Crippen molar-refractivity contribution in [2.24, 2.45) is 0 Å². The van der Waals surface area contributed by atoms with Crippen LogP contribution in [0.5, 0.6) is 0 Å². The molecule has 0 bridgehead atoms. The Bertz CT molecular complexity index is 1480. The van der Waals surface area contributed by atoms with Crippen LogP contribution in [0.25, 0.3) is 22.1 Å². The van der Waals surface area contributed by atoms with Gasteiger partial charge >= 0.3 is 5.63 Å². The first-order valence-corrected chi connectivity index (χ1v) is 12.6. The smallest absolute Gasteiger partial charge is 0.344 e. The standard InChI is InChI=1S/C30H29N3O4/c1-2-6-28(34)33-17-15-32(16-18-33)25-13-11-24(12-14-25)31-29(35)23-9-5-8-21(19-23)26-20-22-7-3-4-10-27(22)37-30(26)36/h3-5,7-14,19-20H,2,6,15-18H2,1H3,(H,31,35). The minimum absolute atomic E-state index is 0.228. The molecular formula is C30H29N3O4. The lowest BCUT2D eigenvalue weighted by Crippen LogP contribution is -2.48. The summed E-state index contributed by atoms with van der Waals surface area (Å²) >= 11 is 0. The van der Waals surface area contributed by atoms with Crippen molar-refractivity contribution in [3.05, 3.63) is 94.8 Å². The highest BCUT2D eigenvalue weighted by Crippen LogP contribution is 2.24. The van der Waals surface area contributed by atoms with Crippen LogP contribution in [0, 0.1) is 0 Å². The Morgan fingerprint density at radius 1 is 0.892 bits per heavy atom. The van der Waals surface area contributed by atoms with Gasteiger partial charge in [-0.3, -0.25) is 9.59 Å². The van der Waals surface area contributed by atoms with Gasteiger partial charge in [0.15, 0.2) is 0 Å². The average molecular weight is 496 g/mol. The van der Waals surface area contributed by atoms with Crippen LogP contribution < -0.4 is 15.8 Å². The molecule has 0 spiro atoms. The summed E-state index contributed by atoms with van der Waals surface area (Å²) in [5, 5.41) is 3.76. The van der Waals surface area contributed by atoms with Crippen LogP contribution >= 0.6 is 0 Å². The zero-order chi connectivity index (χ0) is 25.8. The molecular weight excluding hydrogens is 466 g/mol. The van der Waals surface area contributed by atoms with Crippen LogP contribution in [0.1, 0.15) is 30.1 Å². The van der Waals surface area contributed by atoms with E-state index in [1.165, 1.54) is 0 Å². The molecule has 7 nitrogen and oxygen atoms in total. The number of carbonyl (C=O) groups excluding carboxylic acids is 2. The third-order valence-electron chi connectivity index (χ3n) is 6.66. The zero-order valence-electron chi connectivity index (χ0n) is 20.8. The highest BCUT2D eigenvalue weighted by atomic mass is 16.4. The second-order valence-corrected chi connectivity index (χ2v) is 9.18. The number of nitrogens with one attached hydrogen (secondary N) is 1. The molecule has 0 radical (unpaired) electrons. The summed E-state index contributed by atoms with van der Waals surface area (Å²) in [5.74, 6) is -0.0337. The molecule has 0 unspecified atom stereocenters. The van der Waals surface area contributed by atoms with Crippen molar-refractivity contribution in [3.8, 4) is 11.1 Å². The molecule has 7 heteroatoms. The van der Waals surface area contributed by atoms with Crippen molar-refractivity contribution >= 4 is 34.2 Å². The fourth-order valence-electron chi connectivity index (χ4n) is 4.64. The van der Waals surface area contributed by atoms with Gasteiger partial charge in [0.25, 0.3) is 5.91 Å². The van der Waals surface area contributed by atoms with Gasteiger partial charge in [-0.1, -0.05) is 37.3 Å². The molecule has 5 rings (SSSR count). The summed E-state index contributed by atoms with van der Waals surface area (Å²) in [6.07, 6.45) is 1.47. The van der Waals surface area contributed by atoms with Gasteiger partial charge in [-0.05, 0) is 60.5 Å². The molecule has 188 valence electrons. The number of hydrogen-bond acceptors (Lipinski definition) is 5. The molecule has 2 amide bonds. The molecule has 0 aliphatic carbocycles. The van der Waals surface area contributed by atoms with E-state index < -0.39 is 5.63 Å². The number of carbonyl (C=O) groups is 2. The van der Waals surface area contributed by atoms with Crippen molar-refractivity contribution in [2.75, 3.05) is 36.4 Å². The fourth-order valence-corrected chi connectivity index (χ4v) is 4.64. The van der Waals surface area contributed by atoms with Crippen LogP contribution in [-0.4, -0.2) is 42.9 Å². The van der Waals surface area contributed by atoms with Gasteiger partial charge in [0, 0.05) is 54.9 Å². The molecule has 37 heavy (non-hydrogen) atoms. The van der Waals surface area contributed by atoms with Gasteiger partial charge in [0.05, 0.1) is 5.56 Å². The summed E-state index contributed by atoms with van der Waals surface area (Å²) in [6.45, 7) is 5.05. The van der Waals surface area contributed by atoms with E-state index in [4.69, 9.17) is 4.42 Å². The number of hydrogen-bond donors (Lipinski definition) is 1. The van der Waals surface area contributed by atoms with Gasteiger partial charge in [-0.25, -0.2) is 4.79 Å². The number of anilines is 2. The second kappa shape index (κ2) is 10.7. The van der Waals surface area contributed by atoms with E-state index in [1.54, 1.807) is 36.4 Å². The van der Waals surface area contributed by atoms with E-state index >= 15 is 0 Å². The Morgan fingerprint density at radius 3 is 2.41 bits per heavy atom. The van der Waals surface area contributed by atoms with Crippen molar-refractivity contribution in [2.45, 2.75) is 19.8 Å². The first-order valence-electron chi connectivity index (χ1n) is 12.6. The van der Waals surface area contributed by atoms with Crippen molar-refractivity contribution in [1.29, 1.82) is 0 Å². The number of para-hydroxylation sites is 1. The number of fused-ring (bicyclic) bond motifs is 1. The molecule has 3 aromatic carbocycles. The molecule has 1 aliphatic heterocycles. The normalized spacial score (nSPS) is 13.5. The molecule has 2 heterocycles. The summed E-state index contributed by atoms with van der Waals surface area (Å²) < 4.78 is 5.45. The van der Waals surface area contributed by atoms with E-state index in [9.17, 15) is 14.4 Å². The van der Waals surface area contributed by atoms with Gasteiger partial charge in [0.2, 0.25) is 5.91 Å². The highest BCUT2D eigenvalue weighted by molar-refractivity contribution is 6.05. The predicted octanol–water partition coefficient (Wildman–Crippen LogP) is 5.16. The topological polar surface area (TPSA) is 82.9 Å². The molecule has 1 aromatic heterocycles. The van der Waals surface area contributed by atoms with Crippen LogP contribution in [-0.2, 0) is 4.79 Å². The van der Waals surface area contributed by atoms with Crippen LogP contribution in [0.3, 0.4) is 0 Å². The number of rotatable bonds is 6. The Kier molecular flexibility index (Phi) is 7.03. The summed E-state index contributed by atoms with van der Waals surface area (Å²) in [4.78, 5) is 41.8. The van der Waals surface area contributed by atoms with E-state index in [0.29, 0.717) is 34.4 Å². The van der Waals surface area contributed by atoms with Crippen LogP contribution in [0.15, 0.2) is 88.1 Å². The second-order valence-electron chi connectivity index (χ2n) is 9.18. The minimum atomic E-state index is -0.442. The van der Waals surface area contributed by atoms with Crippen LogP contribution in [0.2, 0.25) is 0 Å². The van der Waals surface area contributed by atoms with E-state index in [2.05, 4.69) is 10.2 Å². The molecule has 1 N–H and O–H groups in total. The Balaban J connectivity index is 1.25. The molecule has 1 aliphatic rings. The van der Waals surface area contributed by atoms with Crippen LogP contribution in [0.4, 0.5) is 11.4 Å². The first kappa shape index (κ1) is 24.3. The lowest BCUT2D eigenvalue weighted by molar-refractivity contribution is -0.131. The molecule has 0 atom stereocenters. The Hall–Kier alpha value is -4.39. The highest BCUT2D eigenvalue weighted by Gasteiger charge is 2.20. The quantitative estimate of drug-likeness (QED) is 0.374. The van der Waals surface area contributed by atoms with E-state index in [1.807, 2.05) is 54.3 Å². The molecule has 0 saturated carbocycles. The van der Waals surface area contributed by atoms with Crippen molar-refractivity contribution < 1.29 is 14.0 Å². The number of benzene rings is 3. The van der Waals surface area contributed by atoms with Crippen molar-refractivity contribution in [3.63, 3.8) is 0 Å². The number of piperazine rings is 1.